The van der Waals surface area contributed by atoms with Gasteiger partial charge in [-0.3, -0.25) is 4.79 Å². The zero-order chi connectivity index (χ0) is 67.6. The Balaban J connectivity index is 1.51. The monoisotopic (exact) mass is 1450 g/mol. The molecular formula is C70H131IO13Si5. The molecule has 0 N–H and O–H groups in total. The summed E-state index contributed by atoms with van der Waals surface area (Å²) >= 11 is 2.32. The maximum Gasteiger partial charge on any atom is 0.193 e. The van der Waals surface area contributed by atoms with E-state index in [4.69, 9.17) is 50.6 Å². The second-order valence-corrected chi connectivity index (χ2v) is 59.8. The van der Waals surface area contributed by atoms with Crippen molar-refractivity contribution in [3.63, 3.8) is 0 Å². The number of carbonyl (C=O) groups excluding carboxylic acids is 2. The molecule has 5 heterocycles. The maximum absolute atomic E-state index is 15.4. The van der Waals surface area contributed by atoms with Crippen LogP contribution in [0, 0.1) is 11.8 Å². The lowest BCUT2D eigenvalue weighted by atomic mass is 9.81. The molecule has 0 radical (unpaired) electrons. The highest BCUT2D eigenvalue weighted by Gasteiger charge is 2.59. The molecule has 19 heteroatoms. The summed E-state index contributed by atoms with van der Waals surface area (Å²) in [5.41, 5.74) is 2.15. The highest BCUT2D eigenvalue weighted by atomic mass is 127. The number of hydrogen-bond acceptors (Lipinski definition) is 13. The van der Waals surface area contributed by atoms with E-state index in [-0.39, 0.29) is 117 Å². The zero-order valence-corrected chi connectivity index (χ0v) is 68.5. The van der Waals surface area contributed by atoms with Crippen molar-refractivity contribution >= 4 is 76.2 Å². The predicted octanol–water partition coefficient (Wildman–Crippen LogP) is 18.2. The van der Waals surface area contributed by atoms with Crippen LogP contribution in [-0.4, -0.2) is 159 Å². The number of halogens is 1. The molecule has 0 spiro atoms. The Bertz CT molecular complexity index is 2360. The van der Waals surface area contributed by atoms with Crippen LogP contribution in [0.15, 0.2) is 34.5 Å². The number of fused-ring (bicyclic) bond motifs is 1. The topological polar surface area (TPSA) is 136 Å². The molecule has 4 unspecified atom stereocenters. The number of aldehydes is 1. The number of Topliss-reactive ketones (excluding diaryl/α,β-unsaturated/α-hetero) is 1. The van der Waals surface area contributed by atoms with Gasteiger partial charge in [-0.15, -0.1) is 0 Å². The minimum atomic E-state index is -2.50. The van der Waals surface area contributed by atoms with Crippen LogP contribution in [0.4, 0.5) is 0 Å². The minimum Gasteiger partial charge on any atom is -0.414 e. The first-order valence-electron chi connectivity index (χ1n) is 34.2. The Kier molecular flexibility index (Phi) is 27.5. The summed E-state index contributed by atoms with van der Waals surface area (Å²) in [5, 5.41) is -0.270. The van der Waals surface area contributed by atoms with Gasteiger partial charge in [0.1, 0.15) is 36.5 Å². The van der Waals surface area contributed by atoms with Crippen molar-refractivity contribution in [2.24, 2.45) is 11.8 Å². The van der Waals surface area contributed by atoms with Crippen molar-refractivity contribution in [1.29, 1.82) is 0 Å². The van der Waals surface area contributed by atoms with Crippen molar-refractivity contribution in [3.05, 3.63) is 34.5 Å². The molecule has 89 heavy (non-hydrogen) atoms. The fraction of sp³-hybridized carbons (Fsp3) is 0.886. The lowest BCUT2D eigenvalue weighted by molar-refractivity contribution is -0.266. The first-order valence-corrected chi connectivity index (χ1v) is 50.0. The van der Waals surface area contributed by atoms with Crippen LogP contribution in [0.3, 0.4) is 0 Å². The van der Waals surface area contributed by atoms with Crippen LogP contribution in [0.1, 0.15) is 188 Å². The lowest BCUT2D eigenvalue weighted by Crippen LogP contribution is -2.69. The third-order valence-corrected chi connectivity index (χ3v) is 46.1. The van der Waals surface area contributed by atoms with Gasteiger partial charge < -0.3 is 55.3 Å². The van der Waals surface area contributed by atoms with E-state index in [0.29, 0.717) is 38.7 Å². The molecule has 5 aliphatic rings. The van der Waals surface area contributed by atoms with Crippen molar-refractivity contribution in [1.82, 2.24) is 0 Å². The highest BCUT2D eigenvalue weighted by molar-refractivity contribution is 14.1. The summed E-state index contributed by atoms with van der Waals surface area (Å²) in [4.78, 5) is 26.6. The molecule has 0 aliphatic carbocycles. The van der Waals surface area contributed by atoms with Gasteiger partial charge in [0.15, 0.2) is 41.6 Å². The SMILES string of the molecule is C=C1C[C@H](CCC=O)O[C@H]1CC[C@H]1C[C@H](C)C(=C)[C@@H](C[C@@H]2O[C@H](CC(CO[Si](C)(C)C(C)(C)C)O[Si](C)(C)C(C)(C)C)[C@H](OC)[C@H]2CC(=O)C[C@H]2CC[C@@H]3O[C@@H](C(/C=C/I)O[Si](C)(C)C(C)(C)C)C(O[Si](C)(C)C(C)(C)C)C(O[Si](C)(C)C(C)(C)C)[C@H]3O2)O1. The smallest absolute Gasteiger partial charge is 0.193 e. The lowest BCUT2D eigenvalue weighted by Gasteiger charge is -2.56. The van der Waals surface area contributed by atoms with Gasteiger partial charge >= 0.3 is 0 Å². The van der Waals surface area contributed by atoms with Crippen molar-refractivity contribution in [2.45, 2.75) is 370 Å². The van der Waals surface area contributed by atoms with E-state index >= 15 is 4.79 Å². The van der Waals surface area contributed by atoms with Crippen LogP contribution >= 0.6 is 22.6 Å². The first-order chi connectivity index (χ1) is 40.5. The molecule has 0 aromatic carbocycles. The standard InChI is InChI=1S/C70H131IO13Si5/c1-46-39-51(32-34-55-47(2)40-50(76-55)31-30-38-72)77-58(48(46)3)44-59-54(61(74-19)60(79-59)43-53(81-86(22,23)67(7,8)9)45-75-85(20,21)66(4,5)6)42-49(73)41-52-33-35-56-62(78-52)64(83-88(26,27)69(13,14)15)65(84-89(28,29)70(16,17)18)63(80-56)57(36-37-71)82-87(24,25)68(10,11)12/h36-38,46,50-65H,2-3,30-35,39-45H2,1,4-29H3/b37-36+/t46-,50-,51-,52+,53?,54-,55-,56-,57?,58+,59-,60+,61+,62-,63-,64?,65?/m0/s1. The van der Waals surface area contributed by atoms with Gasteiger partial charge in [0.25, 0.3) is 0 Å². The maximum atomic E-state index is 15.4. The fourth-order valence-corrected chi connectivity index (χ4v) is 18.8. The number of rotatable bonds is 28. The third-order valence-electron chi connectivity index (χ3n) is 23.2. The molecule has 0 amide bonds. The van der Waals surface area contributed by atoms with Crippen LogP contribution in [-0.2, 0) is 60.1 Å². The second kappa shape index (κ2) is 30.8. The zero-order valence-electron chi connectivity index (χ0n) is 61.3. The summed E-state index contributed by atoms with van der Waals surface area (Å²) in [7, 11) is -10.0. The van der Waals surface area contributed by atoms with Gasteiger partial charge in [-0.1, -0.05) is 147 Å². The summed E-state index contributed by atoms with van der Waals surface area (Å²) in [5.74, 6) is 0.0514. The van der Waals surface area contributed by atoms with Crippen LogP contribution in [0.5, 0.6) is 0 Å². The molecule has 0 aromatic rings. The van der Waals surface area contributed by atoms with E-state index < -0.39 is 72.1 Å². The molecular weight excluding hydrogens is 1320 g/mol. The van der Waals surface area contributed by atoms with Crippen molar-refractivity contribution < 1.29 is 60.1 Å². The van der Waals surface area contributed by atoms with E-state index in [0.717, 1.165) is 49.5 Å². The van der Waals surface area contributed by atoms with E-state index in [1.54, 1.807) is 7.11 Å². The van der Waals surface area contributed by atoms with Gasteiger partial charge in [-0.25, -0.2) is 0 Å². The first kappa shape index (κ1) is 79.6. The molecule has 5 saturated heterocycles. The Morgan fingerprint density at radius 2 is 1.18 bits per heavy atom. The Morgan fingerprint density at radius 3 is 1.72 bits per heavy atom. The highest BCUT2D eigenvalue weighted by Crippen LogP contribution is 2.50. The van der Waals surface area contributed by atoms with Crippen LogP contribution in [0.25, 0.3) is 0 Å². The minimum absolute atomic E-state index is 0.0158. The molecule has 0 aromatic heterocycles. The van der Waals surface area contributed by atoms with Crippen LogP contribution in [0.2, 0.25) is 90.7 Å². The van der Waals surface area contributed by atoms with Crippen LogP contribution < -0.4 is 0 Å². The van der Waals surface area contributed by atoms with Crippen molar-refractivity contribution in [3.8, 4) is 0 Å². The summed E-state index contributed by atoms with van der Waals surface area (Å²) in [6, 6.07) is 0. The molecule has 17 atom stereocenters. The molecule has 13 nitrogen and oxygen atoms in total. The predicted molar refractivity (Wildman–Crippen MR) is 386 cm³/mol. The molecule has 5 aliphatic heterocycles. The number of hydrogen-bond donors (Lipinski definition) is 0. The number of methoxy groups -OCH3 is 1. The number of carbonyl (C=O) groups is 2. The molecule has 516 valence electrons. The molecule has 0 saturated carbocycles. The summed E-state index contributed by atoms with van der Waals surface area (Å²) < 4.78 is 81.7. The Hall–Kier alpha value is -0.0656. The molecule has 5 rings (SSSR count). The normalized spacial score (nSPS) is 31.8. The quantitative estimate of drug-likeness (QED) is 0.0318. The number of ether oxygens (including phenoxy) is 6. The largest absolute Gasteiger partial charge is 0.414 e. The van der Waals surface area contributed by atoms with Gasteiger partial charge in [0.2, 0.25) is 0 Å². The van der Waals surface area contributed by atoms with E-state index in [1.165, 1.54) is 0 Å². The van der Waals surface area contributed by atoms with E-state index in [2.05, 4.69) is 222 Å². The fourth-order valence-electron chi connectivity index (χ4n) is 12.2. The van der Waals surface area contributed by atoms with Gasteiger partial charge in [0.05, 0.1) is 73.8 Å². The third kappa shape index (κ3) is 20.5. The van der Waals surface area contributed by atoms with Crippen molar-refractivity contribution in [2.75, 3.05) is 13.7 Å². The van der Waals surface area contributed by atoms with E-state index in [9.17, 15) is 4.79 Å². The Labute approximate surface area is 562 Å². The second-order valence-electron chi connectivity index (χ2n) is 35.2. The molecule has 5 fully saturated rings. The summed E-state index contributed by atoms with van der Waals surface area (Å²) in [6.45, 7) is 69.2. The van der Waals surface area contributed by atoms with Gasteiger partial charge in [-0.05, 0) is 163 Å². The van der Waals surface area contributed by atoms with Gasteiger partial charge in [-0.2, -0.15) is 0 Å². The number of ketones is 1. The summed E-state index contributed by atoms with van der Waals surface area (Å²) in [6.07, 6.45) is 5.88. The average molecular weight is 1450 g/mol. The molecule has 0 bridgehead atoms. The van der Waals surface area contributed by atoms with Gasteiger partial charge in [0, 0.05) is 45.1 Å². The van der Waals surface area contributed by atoms with E-state index in [1.807, 2.05) is 0 Å². The average Bonchev–Trinajstić information content (AvgIpc) is 1.32. The Morgan fingerprint density at radius 1 is 0.629 bits per heavy atom.